The van der Waals surface area contributed by atoms with Gasteiger partial charge in [-0.1, -0.05) is 23.5 Å². The molecule has 1 unspecified atom stereocenters. The summed E-state index contributed by atoms with van der Waals surface area (Å²) >= 11 is 3.16. The molecule has 1 fully saturated rings. The van der Waals surface area contributed by atoms with E-state index in [1.54, 1.807) is 11.8 Å². The second-order valence-electron chi connectivity index (χ2n) is 8.48. The number of thioether (sulfide) groups is 1. The van der Waals surface area contributed by atoms with Gasteiger partial charge in [0.15, 0.2) is 0 Å². The van der Waals surface area contributed by atoms with Crippen LogP contribution in [-0.2, 0) is 24.2 Å². The number of nitrogens with one attached hydrogen (secondary N) is 1. The second-order valence-corrected chi connectivity index (χ2v) is 10.3. The van der Waals surface area contributed by atoms with Crippen LogP contribution in [-0.4, -0.2) is 39.9 Å². The molecule has 0 spiro atoms. The Morgan fingerprint density at radius 1 is 1.22 bits per heavy atom. The summed E-state index contributed by atoms with van der Waals surface area (Å²) < 4.78 is 1.46. The number of nitrogens with zero attached hydrogens (tertiary/aromatic N) is 4. The molecule has 1 amide bonds. The summed E-state index contributed by atoms with van der Waals surface area (Å²) in [6, 6.07) is 8.28. The molecule has 0 saturated carbocycles. The van der Waals surface area contributed by atoms with Crippen molar-refractivity contribution < 1.29 is 4.79 Å². The van der Waals surface area contributed by atoms with Crippen LogP contribution in [0.4, 0.5) is 5.13 Å². The number of benzene rings is 1. The van der Waals surface area contributed by atoms with Crippen molar-refractivity contribution in [3.63, 3.8) is 0 Å². The van der Waals surface area contributed by atoms with Crippen LogP contribution in [0.25, 0.3) is 4.96 Å². The third kappa shape index (κ3) is 4.28. The fourth-order valence-electron chi connectivity index (χ4n) is 4.53. The molecule has 9 heteroatoms. The monoisotopic (exact) mass is 469 g/mol. The number of anilines is 1. The van der Waals surface area contributed by atoms with E-state index in [2.05, 4.69) is 45.8 Å². The minimum Gasteiger partial charge on any atom is -0.352 e. The van der Waals surface area contributed by atoms with Crippen LogP contribution in [0.5, 0.6) is 0 Å². The Hall–Kier alpha value is -2.39. The first-order valence-corrected chi connectivity index (χ1v) is 13.2. The molecule has 1 saturated heterocycles. The molecule has 5 rings (SSSR count). The Morgan fingerprint density at radius 3 is 2.84 bits per heavy atom. The molecule has 168 valence electrons. The van der Waals surface area contributed by atoms with Gasteiger partial charge in [0.1, 0.15) is 0 Å². The number of aryl methyl sites for hydroxylation is 1. The summed E-state index contributed by atoms with van der Waals surface area (Å²) in [7, 11) is 0. The van der Waals surface area contributed by atoms with E-state index in [9.17, 15) is 9.59 Å². The van der Waals surface area contributed by atoms with Crippen molar-refractivity contribution in [1.82, 2.24) is 19.9 Å². The molecule has 1 aromatic carbocycles. The maximum absolute atomic E-state index is 12.9. The van der Waals surface area contributed by atoms with E-state index in [1.807, 2.05) is 0 Å². The van der Waals surface area contributed by atoms with E-state index in [1.165, 1.54) is 20.7 Å². The third-order valence-electron chi connectivity index (χ3n) is 6.36. The number of amides is 1. The van der Waals surface area contributed by atoms with Crippen LogP contribution in [0.15, 0.2) is 34.0 Å². The largest absolute Gasteiger partial charge is 0.352 e. The van der Waals surface area contributed by atoms with Crippen molar-refractivity contribution in [2.75, 3.05) is 24.2 Å². The minimum atomic E-state index is -0.0841. The highest BCUT2D eigenvalue weighted by Crippen LogP contribution is 2.28. The molecule has 3 heterocycles. The van der Waals surface area contributed by atoms with Gasteiger partial charge >= 0.3 is 0 Å². The van der Waals surface area contributed by atoms with E-state index in [4.69, 9.17) is 4.98 Å². The van der Waals surface area contributed by atoms with Gasteiger partial charge in [0.2, 0.25) is 16.0 Å². The lowest BCUT2D eigenvalue weighted by Crippen LogP contribution is -2.43. The summed E-state index contributed by atoms with van der Waals surface area (Å²) in [5.74, 6) is -0.00497. The van der Waals surface area contributed by atoms with Crippen molar-refractivity contribution in [2.24, 2.45) is 5.92 Å². The van der Waals surface area contributed by atoms with Crippen LogP contribution >= 0.6 is 23.1 Å². The fraction of sp³-hybridized carbons (Fsp3) is 0.478. The van der Waals surface area contributed by atoms with Crippen molar-refractivity contribution >= 4 is 39.1 Å². The number of piperidine rings is 1. The van der Waals surface area contributed by atoms with Crippen LogP contribution in [0.2, 0.25) is 0 Å². The SMILES string of the molecule is CSc1ccc(CNC(=O)C2CCCN(c3nn4c(=O)c5c(nc4s3)CCCC5)C2)cc1. The van der Waals surface area contributed by atoms with E-state index < -0.39 is 0 Å². The lowest BCUT2D eigenvalue weighted by molar-refractivity contribution is -0.125. The van der Waals surface area contributed by atoms with Crippen LogP contribution in [0, 0.1) is 5.92 Å². The lowest BCUT2D eigenvalue weighted by Gasteiger charge is -2.31. The number of carbonyl (C=O) groups is 1. The van der Waals surface area contributed by atoms with Crippen molar-refractivity contribution in [1.29, 1.82) is 0 Å². The molecule has 1 aliphatic carbocycles. The number of hydrogen-bond donors (Lipinski definition) is 1. The predicted octanol–water partition coefficient (Wildman–Crippen LogP) is 3.28. The van der Waals surface area contributed by atoms with Gasteiger partial charge in [0, 0.05) is 30.1 Å². The Balaban J connectivity index is 1.28. The van der Waals surface area contributed by atoms with Gasteiger partial charge in [0.25, 0.3) is 5.56 Å². The molecular formula is C23H27N5O2S2. The Kier molecular flexibility index (Phi) is 6.19. The van der Waals surface area contributed by atoms with Crippen molar-refractivity contribution in [3.8, 4) is 0 Å². The first-order chi connectivity index (χ1) is 15.6. The average Bonchev–Trinajstić information content (AvgIpc) is 3.27. The standard InChI is InChI=1S/C23H27N5O2S2/c1-31-17-10-8-15(9-11-17)13-24-20(29)16-5-4-12-27(14-16)23-26-28-21(30)18-6-2-3-7-19(18)25-22(28)32-23/h8-11,16H,2-7,12-14H2,1H3,(H,24,29). The van der Waals surface area contributed by atoms with Gasteiger partial charge in [-0.15, -0.1) is 16.9 Å². The highest BCUT2D eigenvalue weighted by molar-refractivity contribution is 7.98. The van der Waals surface area contributed by atoms with Crippen LogP contribution in [0.3, 0.4) is 0 Å². The normalized spacial score (nSPS) is 18.5. The number of hydrogen-bond acceptors (Lipinski definition) is 7. The Bertz CT molecular complexity index is 1190. The Labute approximate surface area is 195 Å². The maximum atomic E-state index is 12.9. The molecule has 32 heavy (non-hydrogen) atoms. The average molecular weight is 470 g/mol. The molecule has 1 atom stereocenters. The number of aromatic nitrogens is 3. The van der Waals surface area contributed by atoms with Gasteiger partial charge in [0.05, 0.1) is 11.6 Å². The molecule has 7 nitrogen and oxygen atoms in total. The first-order valence-electron chi connectivity index (χ1n) is 11.2. The van der Waals surface area contributed by atoms with Crippen LogP contribution in [0.1, 0.15) is 42.5 Å². The number of rotatable bonds is 5. The van der Waals surface area contributed by atoms with E-state index in [0.717, 1.165) is 67.0 Å². The van der Waals surface area contributed by atoms with Gasteiger partial charge < -0.3 is 10.2 Å². The Morgan fingerprint density at radius 2 is 2.03 bits per heavy atom. The minimum absolute atomic E-state index is 0.0222. The van der Waals surface area contributed by atoms with Crippen molar-refractivity contribution in [2.45, 2.75) is 50.0 Å². The topological polar surface area (TPSA) is 79.6 Å². The molecule has 2 aliphatic rings. The molecule has 1 N–H and O–H groups in total. The molecule has 0 radical (unpaired) electrons. The van der Waals surface area contributed by atoms with Gasteiger partial charge in [-0.2, -0.15) is 4.52 Å². The molecular weight excluding hydrogens is 442 g/mol. The van der Waals surface area contributed by atoms with E-state index >= 15 is 0 Å². The van der Waals surface area contributed by atoms with Crippen molar-refractivity contribution in [3.05, 3.63) is 51.4 Å². The van der Waals surface area contributed by atoms with Gasteiger partial charge in [-0.25, -0.2) is 4.98 Å². The summed E-state index contributed by atoms with van der Waals surface area (Å²) in [5.41, 5.74) is 2.85. The molecule has 2 aromatic heterocycles. The second kappa shape index (κ2) is 9.23. The zero-order valence-corrected chi connectivity index (χ0v) is 19.8. The smallest absolute Gasteiger partial charge is 0.278 e. The van der Waals surface area contributed by atoms with E-state index in [0.29, 0.717) is 18.1 Å². The summed E-state index contributed by atoms with van der Waals surface area (Å²) in [6.45, 7) is 2.00. The lowest BCUT2D eigenvalue weighted by atomic mass is 9.97. The molecule has 1 aliphatic heterocycles. The zero-order valence-electron chi connectivity index (χ0n) is 18.2. The molecule has 3 aromatic rings. The van der Waals surface area contributed by atoms with Crippen LogP contribution < -0.4 is 15.8 Å². The highest BCUT2D eigenvalue weighted by Gasteiger charge is 2.28. The quantitative estimate of drug-likeness (QED) is 0.578. The molecule has 0 bridgehead atoms. The predicted molar refractivity (Wildman–Crippen MR) is 129 cm³/mol. The first kappa shape index (κ1) is 21.5. The van der Waals surface area contributed by atoms with E-state index in [-0.39, 0.29) is 17.4 Å². The van der Waals surface area contributed by atoms with Gasteiger partial charge in [-0.05, 0) is 62.5 Å². The number of carbonyl (C=O) groups excluding carboxylic acids is 1. The zero-order chi connectivity index (χ0) is 22.1. The highest BCUT2D eigenvalue weighted by atomic mass is 32.2. The fourth-order valence-corrected chi connectivity index (χ4v) is 5.89. The summed E-state index contributed by atoms with van der Waals surface area (Å²) in [6.07, 6.45) is 7.64. The maximum Gasteiger partial charge on any atom is 0.278 e. The summed E-state index contributed by atoms with van der Waals surface area (Å²) in [4.78, 5) is 34.5. The third-order valence-corrected chi connectivity index (χ3v) is 8.07. The summed E-state index contributed by atoms with van der Waals surface area (Å²) in [5, 5.41) is 8.47. The number of fused-ring (bicyclic) bond motifs is 2. The van der Waals surface area contributed by atoms with Gasteiger partial charge in [-0.3, -0.25) is 9.59 Å².